The van der Waals surface area contributed by atoms with Gasteiger partial charge in [0.2, 0.25) is 0 Å². The molecule has 2 aromatic rings. The SMILES string of the molecule is CCNC(=NCCc1ccccn1)NCCSc1ccc(Cl)cc1.I. The van der Waals surface area contributed by atoms with Gasteiger partial charge >= 0.3 is 0 Å². The molecule has 0 atom stereocenters. The van der Waals surface area contributed by atoms with Crippen molar-refractivity contribution in [1.82, 2.24) is 15.6 Å². The van der Waals surface area contributed by atoms with Gasteiger partial charge in [0.05, 0.1) is 0 Å². The van der Waals surface area contributed by atoms with Crippen LogP contribution in [0.5, 0.6) is 0 Å². The summed E-state index contributed by atoms with van der Waals surface area (Å²) in [6.07, 6.45) is 2.66. The highest BCUT2D eigenvalue weighted by atomic mass is 127. The van der Waals surface area contributed by atoms with Gasteiger partial charge in [-0.3, -0.25) is 9.98 Å². The normalized spacial score (nSPS) is 10.9. The molecule has 25 heavy (non-hydrogen) atoms. The van der Waals surface area contributed by atoms with Gasteiger partial charge < -0.3 is 10.6 Å². The molecule has 136 valence electrons. The second kappa shape index (κ2) is 13.2. The number of aliphatic imine (C=N–C) groups is 1. The third-order valence-electron chi connectivity index (χ3n) is 3.19. The second-order valence-electron chi connectivity index (χ2n) is 5.06. The first-order valence-electron chi connectivity index (χ1n) is 8.08. The molecule has 1 aromatic heterocycles. The lowest BCUT2D eigenvalue weighted by Crippen LogP contribution is -2.38. The summed E-state index contributed by atoms with van der Waals surface area (Å²) < 4.78 is 0. The standard InChI is InChI=1S/C18H23ClN4S.HI/c1-2-20-18(22-12-10-16-5-3-4-11-21-16)23-13-14-24-17-8-6-15(19)7-9-17;/h3-9,11H,2,10,12-14H2,1H3,(H2,20,22,23);1H. The summed E-state index contributed by atoms with van der Waals surface area (Å²) in [7, 11) is 0. The summed E-state index contributed by atoms with van der Waals surface area (Å²) in [6, 6.07) is 13.9. The highest BCUT2D eigenvalue weighted by Gasteiger charge is 1.99. The van der Waals surface area contributed by atoms with Crippen molar-refractivity contribution < 1.29 is 0 Å². The zero-order valence-corrected chi connectivity index (χ0v) is 18.1. The molecule has 0 aliphatic heterocycles. The molecule has 0 saturated heterocycles. The summed E-state index contributed by atoms with van der Waals surface area (Å²) in [5, 5.41) is 7.40. The lowest BCUT2D eigenvalue weighted by atomic mass is 10.3. The molecule has 0 saturated carbocycles. The molecule has 2 rings (SSSR count). The number of hydrogen-bond acceptors (Lipinski definition) is 3. The van der Waals surface area contributed by atoms with Crippen LogP contribution in [0.4, 0.5) is 0 Å². The number of hydrogen-bond donors (Lipinski definition) is 2. The van der Waals surface area contributed by atoms with Crippen LogP contribution in [0.2, 0.25) is 5.02 Å². The van der Waals surface area contributed by atoms with Crippen LogP contribution in [-0.4, -0.2) is 36.3 Å². The first-order valence-corrected chi connectivity index (χ1v) is 9.44. The van der Waals surface area contributed by atoms with Gasteiger partial charge in [-0.15, -0.1) is 35.7 Å². The average Bonchev–Trinajstić information content (AvgIpc) is 2.61. The van der Waals surface area contributed by atoms with Crippen LogP contribution in [0.3, 0.4) is 0 Å². The topological polar surface area (TPSA) is 49.3 Å². The second-order valence-corrected chi connectivity index (χ2v) is 6.67. The fourth-order valence-electron chi connectivity index (χ4n) is 2.04. The van der Waals surface area contributed by atoms with E-state index >= 15 is 0 Å². The quantitative estimate of drug-likeness (QED) is 0.191. The third-order valence-corrected chi connectivity index (χ3v) is 4.45. The number of nitrogens with one attached hydrogen (secondary N) is 2. The molecule has 0 aliphatic rings. The number of rotatable bonds is 8. The predicted octanol–water partition coefficient (Wildman–Crippen LogP) is 4.24. The molecule has 0 amide bonds. The molecule has 1 aromatic carbocycles. The monoisotopic (exact) mass is 490 g/mol. The van der Waals surface area contributed by atoms with Crippen molar-refractivity contribution in [3.8, 4) is 0 Å². The van der Waals surface area contributed by atoms with Crippen LogP contribution in [0.25, 0.3) is 0 Å². The van der Waals surface area contributed by atoms with Gasteiger partial charge in [0.15, 0.2) is 5.96 Å². The number of nitrogens with zero attached hydrogens (tertiary/aromatic N) is 2. The number of thioether (sulfide) groups is 1. The van der Waals surface area contributed by atoms with Crippen molar-refractivity contribution >= 4 is 53.3 Å². The van der Waals surface area contributed by atoms with Gasteiger partial charge in [-0.25, -0.2) is 0 Å². The summed E-state index contributed by atoms with van der Waals surface area (Å²) >= 11 is 7.69. The molecule has 0 fully saturated rings. The molecule has 0 unspecified atom stereocenters. The lowest BCUT2D eigenvalue weighted by Gasteiger charge is -2.11. The maximum absolute atomic E-state index is 5.89. The highest BCUT2D eigenvalue weighted by molar-refractivity contribution is 14.0. The molecule has 0 radical (unpaired) electrons. The molecule has 1 heterocycles. The van der Waals surface area contributed by atoms with Gasteiger partial charge in [0, 0.05) is 53.6 Å². The van der Waals surface area contributed by atoms with E-state index in [1.54, 1.807) is 11.8 Å². The molecule has 4 nitrogen and oxygen atoms in total. The van der Waals surface area contributed by atoms with E-state index in [2.05, 4.69) is 27.5 Å². The van der Waals surface area contributed by atoms with E-state index in [1.165, 1.54) is 4.90 Å². The van der Waals surface area contributed by atoms with E-state index in [0.717, 1.165) is 48.5 Å². The number of halogens is 2. The number of benzene rings is 1. The minimum atomic E-state index is 0. The summed E-state index contributed by atoms with van der Waals surface area (Å²) in [4.78, 5) is 10.1. The Labute approximate surface area is 176 Å². The van der Waals surface area contributed by atoms with E-state index < -0.39 is 0 Å². The van der Waals surface area contributed by atoms with Crippen molar-refractivity contribution in [3.05, 3.63) is 59.4 Å². The van der Waals surface area contributed by atoms with Crippen molar-refractivity contribution in [1.29, 1.82) is 0 Å². The number of pyridine rings is 1. The summed E-state index contributed by atoms with van der Waals surface area (Å²) in [5.41, 5.74) is 1.07. The van der Waals surface area contributed by atoms with Crippen molar-refractivity contribution in [2.24, 2.45) is 4.99 Å². The Hall–Kier alpha value is -0.990. The average molecular weight is 491 g/mol. The Bertz CT molecular complexity index is 623. The van der Waals surface area contributed by atoms with Gasteiger partial charge in [0.1, 0.15) is 0 Å². The van der Waals surface area contributed by atoms with Crippen molar-refractivity contribution in [2.75, 3.05) is 25.4 Å². The van der Waals surface area contributed by atoms with E-state index in [0.29, 0.717) is 0 Å². The van der Waals surface area contributed by atoms with Crippen molar-refractivity contribution in [2.45, 2.75) is 18.2 Å². The Kier molecular flexibility index (Phi) is 11.7. The van der Waals surface area contributed by atoms with E-state index in [9.17, 15) is 0 Å². The maximum Gasteiger partial charge on any atom is 0.191 e. The first-order chi connectivity index (χ1) is 11.8. The largest absolute Gasteiger partial charge is 0.357 e. The minimum absolute atomic E-state index is 0. The van der Waals surface area contributed by atoms with Gasteiger partial charge in [-0.2, -0.15) is 0 Å². The summed E-state index contributed by atoms with van der Waals surface area (Å²) in [6.45, 7) is 4.48. The predicted molar refractivity (Wildman–Crippen MR) is 120 cm³/mol. The van der Waals surface area contributed by atoms with Crippen molar-refractivity contribution in [3.63, 3.8) is 0 Å². The van der Waals surface area contributed by atoms with Crippen LogP contribution in [0, 0.1) is 0 Å². The van der Waals surface area contributed by atoms with E-state index in [1.807, 2.05) is 48.7 Å². The van der Waals surface area contributed by atoms with Gasteiger partial charge in [0.25, 0.3) is 0 Å². The Morgan fingerprint density at radius 3 is 2.64 bits per heavy atom. The molecule has 2 N–H and O–H groups in total. The van der Waals surface area contributed by atoms with Crippen LogP contribution < -0.4 is 10.6 Å². The van der Waals surface area contributed by atoms with Crippen LogP contribution >= 0.6 is 47.3 Å². The molecule has 0 aliphatic carbocycles. The molecule has 7 heteroatoms. The van der Waals surface area contributed by atoms with E-state index in [-0.39, 0.29) is 24.0 Å². The smallest absolute Gasteiger partial charge is 0.191 e. The maximum atomic E-state index is 5.89. The number of guanidine groups is 1. The first kappa shape index (κ1) is 22.1. The zero-order valence-electron chi connectivity index (χ0n) is 14.2. The Morgan fingerprint density at radius 2 is 1.96 bits per heavy atom. The fraction of sp³-hybridized carbons (Fsp3) is 0.333. The van der Waals surface area contributed by atoms with Crippen LogP contribution in [-0.2, 0) is 6.42 Å². The zero-order chi connectivity index (χ0) is 17.0. The Morgan fingerprint density at radius 1 is 1.16 bits per heavy atom. The third kappa shape index (κ3) is 9.32. The highest BCUT2D eigenvalue weighted by Crippen LogP contribution is 2.19. The lowest BCUT2D eigenvalue weighted by molar-refractivity contribution is 0.830. The Balaban J connectivity index is 0.00000312. The van der Waals surface area contributed by atoms with Gasteiger partial charge in [-0.1, -0.05) is 17.7 Å². The molecule has 0 bridgehead atoms. The molecular weight excluding hydrogens is 467 g/mol. The van der Waals surface area contributed by atoms with E-state index in [4.69, 9.17) is 11.6 Å². The molecular formula is C18H24ClIN4S. The summed E-state index contributed by atoms with van der Waals surface area (Å²) in [5.74, 6) is 1.82. The molecule has 0 spiro atoms. The minimum Gasteiger partial charge on any atom is -0.357 e. The van der Waals surface area contributed by atoms with Crippen LogP contribution in [0.15, 0.2) is 58.5 Å². The number of aromatic nitrogens is 1. The van der Waals surface area contributed by atoms with Gasteiger partial charge in [-0.05, 0) is 43.3 Å². The van der Waals surface area contributed by atoms with Crippen LogP contribution in [0.1, 0.15) is 12.6 Å². The fourth-order valence-corrected chi connectivity index (χ4v) is 2.93.